The highest BCUT2D eigenvalue weighted by Crippen LogP contribution is 2.48. The van der Waals surface area contributed by atoms with Gasteiger partial charge in [0, 0.05) is 0 Å². The van der Waals surface area contributed by atoms with E-state index in [-0.39, 0.29) is 23.7 Å². The van der Waals surface area contributed by atoms with Crippen LogP contribution in [0.2, 0.25) is 0 Å². The summed E-state index contributed by atoms with van der Waals surface area (Å²) in [5, 5.41) is 0. The van der Waals surface area contributed by atoms with Crippen LogP contribution in [0, 0.1) is 29.6 Å². The smallest absolute Gasteiger partial charge is 0.309 e. The topological polar surface area (TPSA) is 26.3 Å². The number of ether oxygens (including phenoxy) is 1. The van der Waals surface area contributed by atoms with Gasteiger partial charge >= 0.3 is 5.97 Å². The molecule has 0 amide bonds. The summed E-state index contributed by atoms with van der Waals surface area (Å²) >= 11 is 0. The quantitative estimate of drug-likeness (QED) is 0.750. The lowest BCUT2D eigenvalue weighted by molar-refractivity contribution is -0.153. The number of carbonyl (C=O) groups is 1. The Hall–Kier alpha value is -1.38. The van der Waals surface area contributed by atoms with Gasteiger partial charge < -0.3 is 4.74 Å². The molecule has 1 aromatic rings. The van der Waals surface area contributed by atoms with Crippen LogP contribution in [0.3, 0.4) is 0 Å². The van der Waals surface area contributed by atoms with Gasteiger partial charge in [0.25, 0.3) is 0 Å². The molecule has 0 bridgehead atoms. The summed E-state index contributed by atoms with van der Waals surface area (Å²) in [7, 11) is 0. The maximum atomic E-state index is 14.3. The first kappa shape index (κ1) is 16.5. The van der Waals surface area contributed by atoms with Gasteiger partial charge in [-0.05, 0) is 54.9 Å². The molecule has 6 unspecified atom stereocenters. The summed E-state index contributed by atoms with van der Waals surface area (Å²) in [4.78, 5) is 12.4. The lowest BCUT2D eigenvalue weighted by Crippen LogP contribution is -2.43. The number of carbonyl (C=O) groups excluding carboxylic acids is 1. The Morgan fingerprint density at radius 3 is 2.65 bits per heavy atom. The van der Waals surface area contributed by atoms with E-state index >= 15 is 0 Å². The molecule has 0 heterocycles. The average molecular weight is 318 g/mol. The van der Waals surface area contributed by atoms with Crippen molar-refractivity contribution in [2.24, 2.45) is 29.6 Å². The van der Waals surface area contributed by atoms with E-state index in [0.717, 1.165) is 31.2 Å². The molecule has 2 aliphatic rings. The number of fused-ring (bicyclic) bond motifs is 1. The van der Waals surface area contributed by atoms with Gasteiger partial charge in [0.2, 0.25) is 0 Å². The lowest BCUT2D eigenvalue weighted by atomic mass is 9.60. The Kier molecular flexibility index (Phi) is 5.03. The minimum atomic E-state index is -0.727. The fourth-order valence-corrected chi connectivity index (χ4v) is 4.63. The summed E-state index contributed by atoms with van der Waals surface area (Å²) < 4.78 is 19.8. The molecular formula is C20H27FO2. The second-order valence-electron chi connectivity index (χ2n) is 7.54. The number of esters is 1. The Balaban J connectivity index is 1.56. The van der Waals surface area contributed by atoms with Crippen LogP contribution in [0.25, 0.3) is 0 Å². The molecule has 0 aromatic heterocycles. The number of hydrogen-bond donors (Lipinski definition) is 0. The van der Waals surface area contributed by atoms with E-state index < -0.39 is 6.17 Å². The van der Waals surface area contributed by atoms with E-state index in [1.54, 1.807) is 0 Å². The number of hydrogen-bond acceptors (Lipinski definition) is 2. The van der Waals surface area contributed by atoms with Crippen LogP contribution in [0.4, 0.5) is 4.39 Å². The summed E-state index contributed by atoms with van der Waals surface area (Å²) in [5.41, 5.74) is 1.01. The molecule has 2 aliphatic carbocycles. The zero-order valence-corrected chi connectivity index (χ0v) is 14.1. The van der Waals surface area contributed by atoms with Gasteiger partial charge in [0.15, 0.2) is 0 Å². The molecule has 2 nitrogen and oxygen atoms in total. The van der Waals surface area contributed by atoms with Gasteiger partial charge in [-0.1, -0.05) is 44.2 Å². The maximum Gasteiger partial charge on any atom is 0.309 e. The van der Waals surface area contributed by atoms with E-state index in [9.17, 15) is 9.18 Å². The number of halogens is 1. The van der Waals surface area contributed by atoms with E-state index in [0.29, 0.717) is 18.4 Å². The first-order valence-electron chi connectivity index (χ1n) is 8.91. The third-order valence-corrected chi connectivity index (χ3v) is 6.00. The van der Waals surface area contributed by atoms with Crippen molar-refractivity contribution in [1.29, 1.82) is 0 Å². The molecule has 3 heteroatoms. The van der Waals surface area contributed by atoms with Gasteiger partial charge in [-0.15, -0.1) is 0 Å². The first-order valence-corrected chi connectivity index (χ1v) is 8.91. The third kappa shape index (κ3) is 3.59. The molecule has 126 valence electrons. The van der Waals surface area contributed by atoms with Crippen LogP contribution < -0.4 is 0 Å². The highest BCUT2D eigenvalue weighted by Gasteiger charge is 2.45. The zero-order chi connectivity index (χ0) is 16.4. The second-order valence-corrected chi connectivity index (χ2v) is 7.54. The minimum absolute atomic E-state index is 0.0528. The number of alkyl halides is 1. The summed E-state index contributed by atoms with van der Waals surface area (Å²) in [6.45, 7) is 4.38. The van der Waals surface area contributed by atoms with E-state index in [1.165, 1.54) is 0 Å². The standard InChI is InChI=1S/C20H27FO2/c1-13-10-16-8-9-17(11-18(16)14(2)19(13)21)20(22)23-12-15-6-4-3-5-7-15/h3-7,13-14,16-19H,8-12H2,1-2H3. The van der Waals surface area contributed by atoms with Crippen molar-refractivity contribution in [3.8, 4) is 0 Å². The van der Waals surface area contributed by atoms with Crippen LogP contribution in [0.1, 0.15) is 45.1 Å². The molecular weight excluding hydrogens is 291 g/mol. The molecule has 2 fully saturated rings. The molecule has 3 rings (SSSR count). The van der Waals surface area contributed by atoms with Crippen molar-refractivity contribution in [2.75, 3.05) is 0 Å². The van der Waals surface area contributed by atoms with E-state index in [1.807, 2.05) is 44.2 Å². The van der Waals surface area contributed by atoms with E-state index in [2.05, 4.69) is 0 Å². The van der Waals surface area contributed by atoms with Crippen LogP contribution in [0.15, 0.2) is 30.3 Å². The van der Waals surface area contributed by atoms with Crippen LogP contribution >= 0.6 is 0 Å². The van der Waals surface area contributed by atoms with Gasteiger partial charge in [0.05, 0.1) is 5.92 Å². The molecule has 0 N–H and O–H groups in total. The van der Waals surface area contributed by atoms with Crippen molar-refractivity contribution >= 4 is 5.97 Å². The average Bonchev–Trinajstić information content (AvgIpc) is 2.58. The van der Waals surface area contributed by atoms with Gasteiger partial charge in [0.1, 0.15) is 12.8 Å². The largest absolute Gasteiger partial charge is 0.461 e. The minimum Gasteiger partial charge on any atom is -0.461 e. The van der Waals surface area contributed by atoms with E-state index in [4.69, 9.17) is 4.74 Å². The first-order chi connectivity index (χ1) is 11.1. The van der Waals surface area contributed by atoms with Crippen molar-refractivity contribution < 1.29 is 13.9 Å². The molecule has 1 aromatic carbocycles. The Bertz CT molecular complexity index is 528. The Labute approximate surface area is 138 Å². The zero-order valence-electron chi connectivity index (χ0n) is 14.1. The fraction of sp³-hybridized carbons (Fsp3) is 0.650. The highest BCUT2D eigenvalue weighted by molar-refractivity contribution is 5.72. The molecule has 0 radical (unpaired) electrons. The normalized spacial score (nSPS) is 37.0. The fourth-order valence-electron chi connectivity index (χ4n) is 4.63. The SMILES string of the molecule is CC1CC2CCC(C(=O)OCc3ccccc3)CC2C(C)C1F. The predicted molar refractivity (Wildman–Crippen MR) is 88.4 cm³/mol. The number of benzene rings is 1. The van der Waals surface area contributed by atoms with Gasteiger partial charge in [-0.3, -0.25) is 4.79 Å². The number of rotatable bonds is 3. The Morgan fingerprint density at radius 2 is 1.91 bits per heavy atom. The van der Waals surface area contributed by atoms with Crippen molar-refractivity contribution in [3.63, 3.8) is 0 Å². The van der Waals surface area contributed by atoms with Gasteiger partial charge in [-0.25, -0.2) is 4.39 Å². The van der Waals surface area contributed by atoms with Crippen LogP contribution in [0.5, 0.6) is 0 Å². The van der Waals surface area contributed by atoms with Gasteiger partial charge in [-0.2, -0.15) is 0 Å². The Morgan fingerprint density at radius 1 is 1.17 bits per heavy atom. The van der Waals surface area contributed by atoms with Crippen molar-refractivity contribution in [1.82, 2.24) is 0 Å². The van der Waals surface area contributed by atoms with Crippen LogP contribution in [-0.2, 0) is 16.1 Å². The molecule has 0 aliphatic heterocycles. The monoisotopic (exact) mass is 318 g/mol. The molecule has 23 heavy (non-hydrogen) atoms. The molecule has 6 atom stereocenters. The lowest BCUT2D eigenvalue weighted by Gasteiger charge is -2.46. The summed E-state index contributed by atoms with van der Waals surface area (Å²) in [5.74, 6) is 0.993. The molecule has 2 saturated carbocycles. The van der Waals surface area contributed by atoms with Crippen molar-refractivity contribution in [2.45, 2.75) is 52.3 Å². The highest BCUT2D eigenvalue weighted by atomic mass is 19.1. The second kappa shape index (κ2) is 7.02. The van der Waals surface area contributed by atoms with Crippen LogP contribution in [-0.4, -0.2) is 12.1 Å². The molecule has 0 saturated heterocycles. The third-order valence-electron chi connectivity index (χ3n) is 6.00. The predicted octanol–water partition coefficient (Wildman–Crippen LogP) is 4.78. The summed E-state index contributed by atoms with van der Waals surface area (Å²) in [6.07, 6.45) is 2.98. The summed E-state index contributed by atoms with van der Waals surface area (Å²) in [6, 6.07) is 9.76. The van der Waals surface area contributed by atoms with Crippen molar-refractivity contribution in [3.05, 3.63) is 35.9 Å². The maximum absolute atomic E-state index is 14.3. The molecule has 0 spiro atoms.